The summed E-state index contributed by atoms with van der Waals surface area (Å²) in [5, 5.41) is 4.61. The highest BCUT2D eigenvalue weighted by Gasteiger charge is 2.32. The summed E-state index contributed by atoms with van der Waals surface area (Å²) in [4.78, 5) is 30.7. The molecule has 3 aliphatic rings. The molecule has 1 fully saturated rings. The third kappa shape index (κ3) is 3.52. The first-order valence-electron chi connectivity index (χ1n) is 10.9. The van der Waals surface area contributed by atoms with E-state index in [1.165, 1.54) is 16.0 Å². The lowest BCUT2D eigenvalue weighted by atomic mass is 9.86. The summed E-state index contributed by atoms with van der Waals surface area (Å²) >= 11 is 5.39. The zero-order valence-electron chi connectivity index (χ0n) is 17.4. The van der Waals surface area contributed by atoms with Crippen molar-refractivity contribution in [2.45, 2.75) is 25.8 Å². The molecule has 1 N–H and O–H groups in total. The van der Waals surface area contributed by atoms with Crippen LogP contribution < -0.4 is 5.32 Å². The molecular formula is C23H22BrN5O2S. The van der Waals surface area contributed by atoms with Crippen LogP contribution in [0.5, 0.6) is 0 Å². The van der Waals surface area contributed by atoms with E-state index in [4.69, 9.17) is 4.74 Å². The van der Waals surface area contributed by atoms with Gasteiger partial charge in [-0.1, -0.05) is 0 Å². The average Bonchev–Trinajstić information content (AvgIpc) is 3.43. The Morgan fingerprint density at radius 2 is 2.12 bits per heavy atom. The number of morpholine rings is 1. The Morgan fingerprint density at radius 1 is 1.25 bits per heavy atom. The van der Waals surface area contributed by atoms with Crippen LogP contribution >= 0.6 is 27.3 Å². The fourth-order valence-electron chi connectivity index (χ4n) is 4.81. The molecular weight excluding hydrogens is 490 g/mol. The Labute approximate surface area is 198 Å². The molecule has 0 unspecified atom stereocenters. The lowest BCUT2D eigenvalue weighted by Gasteiger charge is -2.31. The molecule has 6 rings (SSSR count). The molecule has 4 heterocycles. The maximum Gasteiger partial charge on any atom is 0.226 e. The van der Waals surface area contributed by atoms with Gasteiger partial charge >= 0.3 is 0 Å². The summed E-state index contributed by atoms with van der Waals surface area (Å²) in [6.07, 6.45) is 6.05. The Kier molecular flexibility index (Phi) is 5.20. The van der Waals surface area contributed by atoms with Crippen molar-refractivity contribution in [3.63, 3.8) is 0 Å². The van der Waals surface area contributed by atoms with E-state index < -0.39 is 0 Å². The third-order valence-electron chi connectivity index (χ3n) is 6.49. The second-order valence-electron chi connectivity index (χ2n) is 8.41. The zero-order valence-corrected chi connectivity index (χ0v) is 19.8. The van der Waals surface area contributed by atoms with Gasteiger partial charge in [-0.3, -0.25) is 9.79 Å². The summed E-state index contributed by atoms with van der Waals surface area (Å²) in [6, 6.07) is 4.23. The number of rotatable bonds is 3. The van der Waals surface area contributed by atoms with Crippen LogP contribution in [0.3, 0.4) is 0 Å². The largest absolute Gasteiger partial charge is 0.378 e. The Morgan fingerprint density at radius 3 is 3.00 bits per heavy atom. The van der Waals surface area contributed by atoms with E-state index in [1.807, 2.05) is 11.1 Å². The maximum absolute atomic E-state index is 13.0. The van der Waals surface area contributed by atoms with Crippen LogP contribution in [0.15, 0.2) is 27.9 Å². The van der Waals surface area contributed by atoms with Gasteiger partial charge in [0.1, 0.15) is 17.0 Å². The minimum atomic E-state index is 0.0446. The molecule has 7 nitrogen and oxygen atoms in total. The molecule has 1 atom stereocenters. The van der Waals surface area contributed by atoms with Crippen molar-refractivity contribution in [2.75, 3.05) is 31.6 Å². The molecule has 2 aromatic heterocycles. The molecule has 0 spiro atoms. The number of hydrogen-bond donors (Lipinski definition) is 1. The minimum Gasteiger partial charge on any atom is -0.378 e. The Balaban J connectivity index is 1.30. The van der Waals surface area contributed by atoms with Crippen LogP contribution in [-0.4, -0.2) is 53.3 Å². The van der Waals surface area contributed by atoms with Crippen LogP contribution in [0, 0.1) is 5.92 Å². The number of thiophene rings is 1. The first kappa shape index (κ1) is 20.3. The van der Waals surface area contributed by atoms with Gasteiger partial charge < -0.3 is 15.0 Å². The number of carbonyl (C=O) groups is 1. The van der Waals surface area contributed by atoms with Crippen molar-refractivity contribution in [3.05, 3.63) is 44.5 Å². The molecule has 164 valence electrons. The van der Waals surface area contributed by atoms with Crippen LogP contribution in [0.4, 0.5) is 11.5 Å². The van der Waals surface area contributed by atoms with E-state index in [2.05, 4.69) is 48.3 Å². The maximum atomic E-state index is 13.0. The lowest BCUT2D eigenvalue weighted by Crippen LogP contribution is -2.44. The first-order valence-corrected chi connectivity index (χ1v) is 12.5. The fraction of sp³-hybridized carbons (Fsp3) is 0.391. The summed E-state index contributed by atoms with van der Waals surface area (Å²) < 4.78 is 6.40. The molecule has 9 heteroatoms. The third-order valence-corrected chi connectivity index (χ3v) is 8.31. The second kappa shape index (κ2) is 8.20. The number of ether oxygens (including phenoxy) is 1. The predicted octanol–water partition coefficient (Wildman–Crippen LogP) is 4.09. The van der Waals surface area contributed by atoms with Crippen molar-refractivity contribution in [2.24, 2.45) is 10.9 Å². The highest BCUT2D eigenvalue weighted by atomic mass is 79.9. The van der Waals surface area contributed by atoms with Gasteiger partial charge in [0.15, 0.2) is 0 Å². The predicted molar refractivity (Wildman–Crippen MR) is 129 cm³/mol. The normalized spacial score (nSPS) is 19.8. The van der Waals surface area contributed by atoms with Gasteiger partial charge in [-0.2, -0.15) is 0 Å². The molecule has 0 bridgehead atoms. The molecule has 1 aliphatic carbocycles. The lowest BCUT2D eigenvalue weighted by molar-refractivity contribution is -0.140. The van der Waals surface area contributed by atoms with E-state index in [9.17, 15) is 4.79 Å². The smallest absolute Gasteiger partial charge is 0.226 e. The van der Waals surface area contributed by atoms with Gasteiger partial charge in [-0.05, 0) is 64.0 Å². The standard InChI is InChI=1S/C23H22BrN5O2S/c24-17-7-14-10-25-11-15(14)8-18(17)28-21-20-16-2-1-13(23(30)29-3-5-31-6-4-29)9-19(16)32-22(20)27-12-26-21/h7-8,11-13H,1-6,9-10H2,(H,26,27,28)/t13-/m0/s1. The highest BCUT2D eigenvalue weighted by molar-refractivity contribution is 9.10. The zero-order chi connectivity index (χ0) is 21.7. The number of benzene rings is 1. The summed E-state index contributed by atoms with van der Waals surface area (Å²) in [5.74, 6) is 1.13. The molecule has 1 aromatic carbocycles. The van der Waals surface area contributed by atoms with Gasteiger partial charge in [-0.25, -0.2) is 9.97 Å². The molecule has 32 heavy (non-hydrogen) atoms. The topological polar surface area (TPSA) is 79.7 Å². The van der Waals surface area contributed by atoms with E-state index in [0.717, 1.165) is 57.6 Å². The molecule has 3 aromatic rings. The number of aromatic nitrogens is 2. The molecule has 0 saturated carbocycles. The number of anilines is 2. The van der Waals surface area contributed by atoms with Gasteiger partial charge in [-0.15, -0.1) is 11.3 Å². The monoisotopic (exact) mass is 511 g/mol. The number of amides is 1. The molecule has 2 aliphatic heterocycles. The Hall–Kier alpha value is -2.36. The van der Waals surface area contributed by atoms with E-state index in [0.29, 0.717) is 26.3 Å². The van der Waals surface area contributed by atoms with E-state index in [-0.39, 0.29) is 11.8 Å². The van der Waals surface area contributed by atoms with Crippen molar-refractivity contribution in [1.82, 2.24) is 14.9 Å². The first-order chi connectivity index (χ1) is 15.7. The highest BCUT2D eigenvalue weighted by Crippen LogP contribution is 2.41. The van der Waals surface area contributed by atoms with Crippen LogP contribution in [0.2, 0.25) is 0 Å². The number of nitrogens with zero attached hydrogens (tertiary/aromatic N) is 4. The SMILES string of the molecule is O=C([C@H]1CCc2c(sc3ncnc(Nc4cc5c(cc4Br)CN=C5)c23)C1)N1CCOCC1. The quantitative estimate of drug-likeness (QED) is 0.572. The molecule has 1 amide bonds. The number of halogens is 1. The van der Waals surface area contributed by atoms with E-state index >= 15 is 0 Å². The summed E-state index contributed by atoms with van der Waals surface area (Å²) in [7, 11) is 0. The minimum absolute atomic E-state index is 0.0446. The van der Waals surface area contributed by atoms with Crippen molar-refractivity contribution >= 4 is 61.1 Å². The second-order valence-corrected chi connectivity index (χ2v) is 10.3. The van der Waals surface area contributed by atoms with Gasteiger partial charge in [0.05, 0.1) is 30.8 Å². The fourth-order valence-corrected chi connectivity index (χ4v) is 6.57. The van der Waals surface area contributed by atoms with E-state index in [1.54, 1.807) is 17.7 Å². The number of aryl methyl sites for hydroxylation is 1. The number of aliphatic imine (C=N–C) groups is 1. The molecule has 0 radical (unpaired) electrons. The summed E-state index contributed by atoms with van der Waals surface area (Å²) in [6.45, 7) is 3.42. The Bertz CT molecular complexity index is 1250. The van der Waals surface area contributed by atoms with Crippen molar-refractivity contribution < 1.29 is 9.53 Å². The van der Waals surface area contributed by atoms with Gasteiger partial charge in [0.25, 0.3) is 0 Å². The number of fused-ring (bicyclic) bond motifs is 4. The number of hydrogen-bond acceptors (Lipinski definition) is 7. The van der Waals surface area contributed by atoms with Crippen LogP contribution in [0.25, 0.3) is 10.2 Å². The van der Waals surface area contributed by atoms with Gasteiger partial charge in [0.2, 0.25) is 5.91 Å². The van der Waals surface area contributed by atoms with Crippen LogP contribution in [0.1, 0.15) is 28.0 Å². The number of nitrogens with one attached hydrogen (secondary N) is 1. The van der Waals surface area contributed by atoms with Crippen molar-refractivity contribution in [1.29, 1.82) is 0 Å². The van der Waals surface area contributed by atoms with Crippen molar-refractivity contribution in [3.8, 4) is 0 Å². The van der Waals surface area contributed by atoms with Crippen LogP contribution in [-0.2, 0) is 28.9 Å². The molecule has 1 saturated heterocycles. The summed E-state index contributed by atoms with van der Waals surface area (Å²) in [5.41, 5.74) is 4.61. The van der Waals surface area contributed by atoms with Gasteiger partial charge in [0, 0.05) is 34.6 Å². The number of carbonyl (C=O) groups excluding carboxylic acids is 1. The average molecular weight is 512 g/mol.